The zero-order valence-corrected chi connectivity index (χ0v) is 11.9. The van der Waals surface area contributed by atoms with Crippen molar-refractivity contribution in [2.24, 2.45) is 5.92 Å². The molecule has 1 N–H and O–H groups in total. The van der Waals surface area contributed by atoms with E-state index >= 15 is 0 Å². The zero-order chi connectivity index (χ0) is 12.8. The number of benzene rings is 1. The summed E-state index contributed by atoms with van der Waals surface area (Å²) < 4.78 is 0. The quantitative estimate of drug-likeness (QED) is 0.890. The van der Waals surface area contributed by atoms with Gasteiger partial charge in [-0.3, -0.25) is 0 Å². The molecule has 0 bridgehead atoms. The Hall–Kier alpha value is -0.730. The van der Waals surface area contributed by atoms with Gasteiger partial charge in [0.2, 0.25) is 0 Å². The summed E-state index contributed by atoms with van der Waals surface area (Å²) in [6.07, 6.45) is 4.09. The average Bonchev–Trinajstić information content (AvgIpc) is 2.57. The molecule has 2 nitrogen and oxygen atoms in total. The van der Waals surface area contributed by atoms with E-state index in [4.69, 9.17) is 11.6 Å². The van der Waals surface area contributed by atoms with Gasteiger partial charge in [0.15, 0.2) is 0 Å². The Bertz CT molecular complexity index is 350. The first-order valence-electron chi connectivity index (χ1n) is 6.96. The predicted molar refractivity (Wildman–Crippen MR) is 79.4 cm³/mol. The first-order chi connectivity index (χ1) is 8.74. The van der Waals surface area contributed by atoms with Crippen LogP contribution in [0, 0.1) is 5.92 Å². The first-order valence-corrected chi connectivity index (χ1v) is 7.33. The van der Waals surface area contributed by atoms with Gasteiger partial charge in [0.05, 0.1) is 0 Å². The number of nitrogens with zero attached hydrogens (tertiary/aromatic N) is 1. The number of nitrogens with one attached hydrogen (secondary N) is 1. The fraction of sp³-hybridized carbons (Fsp3) is 0.600. The van der Waals surface area contributed by atoms with Crippen molar-refractivity contribution in [3.8, 4) is 0 Å². The topological polar surface area (TPSA) is 15.3 Å². The normalized spacial score (nSPS) is 21.6. The van der Waals surface area contributed by atoms with E-state index < -0.39 is 0 Å². The third kappa shape index (κ3) is 4.51. The van der Waals surface area contributed by atoms with Crippen LogP contribution in [0.15, 0.2) is 24.3 Å². The summed E-state index contributed by atoms with van der Waals surface area (Å²) in [7, 11) is 0. The Labute approximate surface area is 115 Å². The third-order valence-corrected chi connectivity index (χ3v) is 3.96. The molecule has 0 amide bonds. The molecule has 1 unspecified atom stereocenters. The molecule has 2 rings (SSSR count). The van der Waals surface area contributed by atoms with E-state index in [-0.39, 0.29) is 0 Å². The lowest BCUT2D eigenvalue weighted by molar-refractivity contribution is 0.292. The van der Waals surface area contributed by atoms with Crippen molar-refractivity contribution in [3.63, 3.8) is 0 Å². The van der Waals surface area contributed by atoms with Crippen LogP contribution >= 0.6 is 11.6 Å². The second kappa shape index (κ2) is 7.01. The molecule has 0 radical (unpaired) electrons. The molecule has 1 aromatic rings. The van der Waals surface area contributed by atoms with Gasteiger partial charge in [-0.1, -0.05) is 18.5 Å². The highest BCUT2D eigenvalue weighted by molar-refractivity contribution is 6.30. The van der Waals surface area contributed by atoms with Gasteiger partial charge < -0.3 is 10.2 Å². The van der Waals surface area contributed by atoms with Gasteiger partial charge >= 0.3 is 0 Å². The molecule has 1 aromatic carbocycles. The molecule has 0 saturated carbocycles. The van der Waals surface area contributed by atoms with Crippen LogP contribution in [0.2, 0.25) is 5.02 Å². The van der Waals surface area contributed by atoms with Gasteiger partial charge in [0, 0.05) is 23.8 Å². The molecule has 1 aliphatic heterocycles. The monoisotopic (exact) mass is 266 g/mol. The molecule has 100 valence electrons. The van der Waals surface area contributed by atoms with E-state index in [0.29, 0.717) is 0 Å². The Balaban J connectivity index is 1.70. The molecule has 1 heterocycles. The van der Waals surface area contributed by atoms with Gasteiger partial charge in [-0.05, 0) is 62.5 Å². The first kappa shape index (κ1) is 13.7. The van der Waals surface area contributed by atoms with Crippen LogP contribution < -0.4 is 5.32 Å². The smallest absolute Gasteiger partial charge is 0.0407 e. The fourth-order valence-corrected chi connectivity index (χ4v) is 2.60. The molecule has 18 heavy (non-hydrogen) atoms. The van der Waals surface area contributed by atoms with Crippen LogP contribution in [0.5, 0.6) is 0 Å². The van der Waals surface area contributed by atoms with Crippen molar-refractivity contribution < 1.29 is 0 Å². The summed E-state index contributed by atoms with van der Waals surface area (Å²) >= 11 is 5.86. The van der Waals surface area contributed by atoms with E-state index in [2.05, 4.69) is 17.1 Å². The highest BCUT2D eigenvalue weighted by atomic mass is 35.5. The fourth-order valence-electron chi connectivity index (χ4n) is 2.47. The number of hydrogen-bond acceptors (Lipinski definition) is 2. The second-order valence-corrected chi connectivity index (χ2v) is 5.75. The van der Waals surface area contributed by atoms with Crippen molar-refractivity contribution in [1.29, 1.82) is 0 Å². The van der Waals surface area contributed by atoms with Crippen LogP contribution in [-0.2, 0) is 0 Å². The van der Waals surface area contributed by atoms with Crippen LogP contribution in [-0.4, -0.2) is 31.1 Å². The number of likely N-dealkylation sites (tertiary alicyclic amines) is 1. The zero-order valence-electron chi connectivity index (χ0n) is 11.2. The van der Waals surface area contributed by atoms with Crippen LogP contribution in [0.1, 0.15) is 26.2 Å². The molecule has 0 spiro atoms. The second-order valence-electron chi connectivity index (χ2n) is 5.31. The molecule has 0 aromatic heterocycles. The summed E-state index contributed by atoms with van der Waals surface area (Å²) in [4.78, 5) is 2.58. The van der Waals surface area contributed by atoms with Gasteiger partial charge in [-0.25, -0.2) is 0 Å². The summed E-state index contributed by atoms with van der Waals surface area (Å²) in [5, 5.41) is 4.24. The lowest BCUT2D eigenvalue weighted by Crippen LogP contribution is -2.30. The number of halogens is 1. The molecule has 1 saturated heterocycles. The van der Waals surface area contributed by atoms with Crippen LogP contribution in [0.25, 0.3) is 0 Å². The van der Waals surface area contributed by atoms with Crippen LogP contribution in [0.3, 0.4) is 0 Å². The molecular weight excluding hydrogens is 244 g/mol. The highest BCUT2D eigenvalue weighted by Gasteiger charge is 2.12. The van der Waals surface area contributed by atoms with Crippen molar-refractivity contribution in [3.05, 3.63) is 29.3 Å². The maximum Gasteiger partial charge on any atom is 0.0407 e. The summed E-state index contributed by atoms with van der Waals surface area (Å²) in [6.45, 7) is 7.02. The summed E-state index contributed by atoms with van der Waals surface area (Å²) in [6, 6.07) is 7.93. The number of hydrogen-bond donors (Lipinski definition) is 1. The largest absolute Gasteiger partial charge is 0.384 e. The van der Waals surface area contributed by atoms with E-state index in [9.17, 15) is 0 Å². The van der Waals surface area contributed by atoms with E-state index in [1.807, 2.05) is 24.3 Å². The van der Waals surface area contributed by atoms with Gasteiger partial charge in [0.25, 0.3) is 0 Å². The SMILES string of the molecule is CC1CCCN(CCNc2ccc(Cl)cc2)CC1. The van der Waals surface area contributed by atoms with Gasteiger partial charge in [-0.15, -0.1) is 0 Å². The molecule has 3 heteroatoms. The predicted octanol–water partition coefficient (Wildman–Crippen LogP) is 3.87. The Morgan fingerprint density at radius 2 is 2.00 bits per heavy atom. The summed E-state index contributed by atoms with van der Waals surface area (Å²) in [5.41, 5.74) is 1.16. The standard InChI is InChI=1S/C15H23ClN2/c1-13-3-2-10-18(11-8-13)12-9-17-15-6-4-14(16)5-7-15/h4-7,13,17H,2-3,8-12H2,1H3. The minimum Gasteiger partial charge on any atom is -0.384 e. The van der Waals surface area contributed by atoms with Crippen molar-refractivity contribution in [2.75, 3.05) is 31.5 Å². The lowest BCUT2D eigenvalue weighted by Gasteiger charge is -2.20. The number of rotatable bonds is 4. The van der Waals surface area contributed by atoms with Crippen molar-refractivity contribution in [2.45, 2.75) is 26.2 Å². The van der Waals surface area contributed by atoms with E-state index in [0.717, 1.165) is 29.7 Å². The van der Waals surface area contributed by atoms with E-state index in [1.165, 1.54) is 32.4 Å². The minimum absolute atomic E-state index is 0.794. The molecule has 0 aliphatic carbocycles. The Morgan fingerprint density at radius 3 is 2.78 bits per heavy atom. The Morgan fingerprint density at radius 1 is 1.22 bits per heavy atom. The maximum atomic E-state index is 5.86. The third-order valence-electron chi connectivity index (χ3n) is 3.71. The minimum atomic E-state index is 0.794. The Kier molecular flexibility index (Phi) is 5.33. The van der Waals surface area contributed by atoms with Gasteiger partial charge in [0.1, 0.15) is 0 Å². The summed E-state index contributed by atoms with van der Waals surface area (Å²) in [5.74, 6) is 0.902. The number of anilines is 1. The van der Waals surface area contributed by atoms with Crippen molar-refractivity contribution in [1.82, 2.24) is 4.90 Å². The van der Waals surface area contributed by atoms with Crippen LogP contribution in [0.4, 0.5) is 5.69 Å². The average molecular weight is 267 g/mol. The molecule has 1 aliphatic rings. The highest BCUT2D eigenvalue weighted by Crippen LogP contribution is 2.16. The molecule has 1 fully saturated rings. The van der Waals surface area contributed by atoms with Gasteiger partial charge in [-0.2, -0.15) is 0 Å². The lowest BCUT2D eigenvalue weighted by atomic mass is 10.0. The molecular formula is C15H23ClN2. The van der Waals surface area contributed by atoms with E-state index in [1.54, 1.807) is 0 Å². The molecule has 1 atom stereocenters. The van der Waals surface area contributed by atoms with Crippen molar-refractivity contribution >= 4 is 17.3 Å². The maximum absolute atomic E-state index is 5.86.